The van der Waals surface area contributed by atoms with Crippen LogP contribution in [0.1, 0.15) is 23.7 Å². The number of benzene rings is 2. The molecule has 0 fully saturated rings. The third-order valence-corrected chi connectivity index (χ3v) is 4.38. The molecule has 6 nitrogen and oxygen atoms in total. The highest BCUT2D eigenvalue weighted by Gasteiger charge is 2.27. The number of anilines is 3. The topological polar surface area (TPSA) is 96.6 Å². The maximum atomic E-state index is 12.6. The number of carbonyl (C=O) groups excluding carboxylic acids is 1. The molecule has 152 valence electrons. The molecular weight excluding hydrogens is 460 g/mol. The average molecular weight is 479 g/mol. The molecule has 1 amide bonds. The van der Waals surface area contributed by atoms with Gasteiger partial charge in [-0.05, 0) is 65.7 Å². The van der Waals surface area contributed by atoms with Crippen molar-refractivity contribution in [1.29, 1.82) is 0 Å². The number of aliphatic hydroxyl groups is 1. The molecule has 0 unspecified atom stereocenters. The third kappa shape index (κ3) is 6.50. The van der Waals surface area contributed by atoms with E-state index >= 15 is 0 Å². The van der Waals surface area contributed by atoms with Gasteiger partial charge in [0, 0.05) is 40.0 Å². The fourth-order valence-corrected chi connectivity index (χ4v) is 3.05. The molecule has 0 aliphatic carbocycles. The molecule has 0 heterocycles. The van der Waals surface area contributed by atoms with Crippen LogP contribution in [0.4, 0.5) is 25.8 Å². The van der Waals surface area contributed by atoms with Crippen LogP contribution >= 0.6 is 27.5 Å². The fourth-order valence-electron chi connectivity index (χ4n) is 2.37. The van der Waals surface area contributed by atoms with Gasteiger partial charge in [0.05, 0.1) is 11.4 Å². The van der Waals surface area contributed by atoms with Crippen LogP contribution in [0.15, 0.2) is 40.9 Å². The van der Waals surface area contributed by atoms with Crippen molar-refractivity contribution >= 4 is 50.5 Å². The number of nitrogen functional groups attached to an aromatic ring is 1. The molecule has 2 aromatic rings. The molecule has 0 spiro atoms. The lowest BCUT2D eigenvalue weighted by Gasteiger charge is -2.18. The van der Waals surface area contributed by atoms with Crippen molar-refractivity contribution in [2.24, 2.45) is 0 Å². The summed E-state index contributed by atoms with van der Waals surface area (Å²) in [7, 11) is 0. The van der Waals surface area contributed by atoms with Crippen LogP contribution < -0.4 is 21.1 Å². The number of halogens is 4. The van der Waals surface area contributed by atoms with Gasteiger partial charge in [-0.3, -0.25) is 4.79 Å². The predicted molar refractivity (Wildman–Crippen MR) is 109 cm³/mol. The second-order valence-electron chi connectivity index (χ2n) is 6.01. The van der Waals surface area contributed by atoms with Crippen LogP contribution in [-0.4, -0.2) is 29.2 Å². The number of carbonyl (C=O) groups is 1. The number of hydrogen-bond acceptors (Lipinski definition) is 5. The van der Waals surface area contributed by atoms with Gasteiger partial charge in [0.25, 0.3) is 5.91 Å². The zero-order valence-corrected chi connectivity index (χ0v) is 17.2. The quantitative estimate of drug-likeness (QED) is 0.328. The van der Waals surface area contributed by atoms with Gasteiger partial charge in [0.2, 0.25) is 0 Å². The maximum Gasteiger partial charge on any atom is 0.487 e. The molecule has 0 radical (unpaired) electrons. The average Bonchev–Trinajstić information content (AvgIpc) is 2.58. The van der Waals surface area contributed by atoms with Crippen LogP contribution in [0.25, 0.3) is 0 Å². The van der Waals surface area contributed by atoms with Gasteiger partial charge < -0.3 is 26.2 Å². The summed E-state index contributed by atoms with van der Waals surface area (Å²) in [5.74, 6) is -0.573. The minimum Gasteiger partial charge on any atom is -0.420 e. The van der Waals surface area contributed by atoms with Crippen LogP contribution in [0.5, 0.6) is 5.75 Å². The van der Waals surface area contributed by atoms with Gasteiger partial charge >= 0.3 is 5.57 Å². The van der Waals surface area contributed by atoms with E-state index in [1.165, 1.54) is 30.3 Å². The summed E-state index contributed by atoms with van der Waals surface area (Å²) < 4.78 is 30.0. The van der Waals surface area contributed by atoms with Crippen molar-refractivity contribution in [3.05, 3.63) is 46.4 Å². The smallest absolute Gasteiger partial charge is 0.420 e. The Morgan fingerprint density at radius 1 is 1.36 bits per heavy atom. The van der Waals surface area contributed by atoms with Gasteiger partial charge in [-0.1, -0.05) is 0 Å². The highest BCUT2D eigenvalue weighted by molar-refractivity contribution is 9.10. The molecule has 28 heavy (non-hydrogen) atoms. The Bertz CT molecular complexity index is 809. The number of nitrogens with one attached hydrogen (secondary N) is 2. The number of nitrogens with two attached hydrogens (primary N) is 1. The van der Waals surface area contributed by atoms with Gasteiger partial charge in [-0.25, -0.2) is 0 Å². The first kappa shape index (κ1) is 22.2. The minimum atomic E-state index is -3.81. The second kappa shape index (κ2) is 9.40. The lowest BCUT2D eigenvalue weighted by Crippen LogP contribution is -2.19. The number of aliphatic hydroxyl groups excluding tert-OH is 1. The Morgan fingerprint density at radius 3 is 2.54 bits per heavy atom. The van der Waals surface area contributed by atoms with E-state index < -0.39 is 11.5 Å². The molecule has 0 aliphatic heterocycles. The Kier molecular flexibility index (Phi) is 7.45. The first-order valence-electron chi connectivity index (χ1n) is 8.22. The van der Waals surface area contributed by atoms with Crippen LogP contribution in [0.2, 0.25) is 0 Å². The highest BCUT2D eigenvalue weighted by atomic mass is 79.9. The molecule has 1 atom stereocenters. The van der Waals surface area contributed by atoms with Crippen LogP contribution in [-0.2, 0) is 0 Å². The first-order chi connectivity index (χ1) is 13.1. The van der Waals surface area contributed by atoms with E-state index in [1.54, 1.807) is 6.07 Å². The molecule has 0 aromatic heterocycles. The lowest BCUT2D eigenvalue weighted by molar-refractivity contribution is -0.0964. The number of hydrogen-bond donors (Lipinski definition) is 4. The maximum absolute atomic E-state index is 12.6. The van der Waals surface area contributed by atoms with Crippen molar-refractivity contribution < 1.29 is 23.4 Å². The van der Waals surface area contributed by atoms with Gasteiger partial charge in [-0.2, -0.15) is 0 Å². The van der Waals surface area contributed by atoms with Crippen molar-refractivity contribution in [1.82, 2.24) is 0 Å². The summed E-state index contributed by atoms with van der Waals surface area (Å²) in [6.07, 6.45) is 0.545. The second-order valence-corrected chi connectivity index (χ2v) is 7.30. The number of alkyl halides is 3. The fraction of sp³-hybridized carbons (Fsp3) is 0.278. The third-order valence-electron chi connectivity index (χ3n) is 3.68. The molecule has 0 aliphatic rings. The monoisotopic (exact) mass is 477 g/mol. The standard InChI is InChI=1S/C18H19BrClF2N3O3/c1-10(6-7-26)24-16-14(19)8-11(9-15(16)23)17(27)25-12-2-4-13(5-3-12)28-18(20,21)22/h2-5,8-10,24,26H,6-7,23H2,1H3,(H,25,27)/t10-/m1/s1. The van der Waals surface area contributed by atoms with Crippen molar-refractivity contribution in [2.75, 3.05) is 23.0 Å². The summed E-state index contributed by atoms with van der Waals surface area (Å²) in [5.41, 5.74) is 3.90. The molecular formula is C18H19BrClF2N3O3. The number of rotatable bonds is 8. The minimum absolute atomic E-state index is 0.00984. The summed E-state index contributed by atoms with van der Waals surface area (Å²) in [5, 5.41) is 14.8. The Balaban J connectivity index is 2.10. The van der Waals surface area contributed by atoms with E-state index in [0.717, 1.165) is 0 Å². The molecule has 2 aromatic carbocycles. The van der Waals surface area contributed by atoms with E-state index in [0.29, 0.717) is 33.5 Å². The Labute approximate surface area is 174 Å². The molecule has 0 bridgehead atoms. The zero-order chi connectivity index (χ0) is 20.9. The van der Waals surface area contributed by atoms with Gasteiger partial charge in [-0.15, -0.1) is 8.78 Å². The van der Waals surface area contributed by atoms with Gasteiger partial charge in [0.15, 0.2) is 0 Å². The van der Waals surface area contributed by atoms with Crippen LogP contribution in [0.3, 0.4) is 0 Å². The normalized spacial score (nSPS) is 12.4. The molecule has 5 N–H and O–H groups in total. The van der Waals surface area contributed by atoms with Gasteiger partial charge in [0.1, 0.15) is 5.75 Å². The summed E-state index contributed by atoms with van der Waals surface area (Å²) in [6, 6.07) is 8.42. The molecule has 10 heteroatoms. The molecule has 0 saturated carbocycles. The Hall–Kier alpha value is -2.10. The van der Waals surface area contributed by atoms with E-state index in [9.17, 15) is 13.6 Å². The first-order valence-corrected chi connectivity index (χ1v) is 9.39. The van der Waals surface area contributed by atoms with Crippen molar-refractivity contribution in [3.8, 4) is 5.75 Å². The summed E-state index contributed by atoms with van der Waals surface area (Å²) in [6.45, 7) is 1.94. The largest absolute Gasteiger partial charge is 0.487 e. The van der Waals surface area contributed by atoms with E-state index in [-0.39, 0.29) is 18.4 Å². The molecule has 2 rings (SSSR count). The zero-order valence-electron chi connectivity index (χ0n) is 14.8. The summed E-state index contributed by atoms with van der Waals surface area (Å²) in [4.78, 5) is 12.5. The lowest BCUT2D eigenvalue weighted by atomic mass is 10.1. The van der Waals surface area contributed by atoms with Crippen molar-refractivity contribution in [3.63, 3.8) is 0 Å². The van der Waals surface area contributed by atoms with Crippen LogP contribution in [0, 0.1) is 0 Å². The van der Waals surface area contributed by atoms with E-state index in [4.69, 9.17) is 22.4 Å². The Morgan fingerprint density at radius 2 is 2.00 bits per heavy atom. The number of ether oxygens (including phenoxy) is 1. The van der Waals surface area contributed by atoms with Crippen molar-refractivity contribution in [2.45, 2.75) is 25.0 Å². The van der Waals surface area contributed by atoms with E-state index in [2.05, 4.69) is 31.3 Å². The number of amides is 1. The van der Waals surface area contributed by atoms with E-state index in [1.807, 2.05) is 6.92 Å². The predicted octanol–water partition coefficient (Wildman–Crippen LogP) is 4.63. The molecule has 0 saturated heterocycles. The SMILES string of the molecule is C[C@H](CCO)Nc1c(N)cc(C(=O)Nc2ccc(OC(F)(F)Cl)cc2)cc1Br. The highest BCUT2D eigenvalue weighted by Crippen LogP contribution is 2.32. The summed E-state index contributed by atoms with van der Waals surface area (Å²) >= 11 is 8.09.